The summed E-state index contributed by atoms with van der Waals surface area (Å²) < 4.78 is 0. The second kappa shape index (κ2) is 4.66. The maximum atomic E-state index is 11.5. The summed E-state index contributed by atoms with van der Waals surface area (Å²) in [5.41, 5.74) is 5.72. The Morgan fingerprint density at radius 3 is 2.86 bits per heavy atom. The molecule has 1 rings (SSSR count). The Kier molecular flexibility index (Phi) is 3.53. The van der Waals surface area contributed by atoms with Crippen molar-refractivity contribution in [2.75, 3.05) is 0 Å². The third kappa shape index (κ3) is 2.77. The SMILES string of the molecule is CC(NC(=O)c1ccccn1)C(N)=S. The molecular weight excluding hydrogens is 198 g/mol. The van der Waals surface area contributed by atoms with Crippen molar-refractivity contribution in [3.63, 3.8) is 0 Å². The first-order valence-corrected chi connectivity index (χ1v) is 4.53. The van der Waals surface area contributed by atoms with Gasteiger partial charge in [-0.3, -0.25) is 9.78 Å². The molecule has 0 spiro atoms. The second-order valence-corrected chi connectivity index (χ2v) is 3.28. The highest BCUT2D eigenvalue weighted by atomic mass is 32.1. The molecule has 0 fully saturated rings. The molecule has 1 atom stereocenters. The van der Waals surface area contributed by atoms with Gasteiger partial charge in [-0.15, -0.1) is 0 Å². The van der Waals surface area contributed by atoms with Gasteiger partial charge < -0.3 is 11.1 Å². The number of thiocarbonyl (C=S) groups is 1. The van der Waals surface area contributed by atoms with Crippen LogP contribution in [0.2, 0.25) is 0 Å². The van der Waals surface area contributed by atoms with Gasteiger partial charge in [0, 0.05) is 6.20 Å². The maximum absolute atomic E-state index is 11.5. The molecule has 0 aliphatic carbocycles. The van der Waals surface area contributed by atoms with Crippen LogP contribution in [0.1, 0.15) is 17.4 Å². The average molecular weight is 209 g/mol. The van der Waals surface area contributed by atoms with Crippen molar-refractivity contribution in [2.24, 2.45) is 5.73 Å². The topological polar surface area (TPSA) is 68.0 Å². The number of nitrogens with two attached hydrogens (primary N) is 1. The predicted octanol–water partition coefficient (Wildman–Crippen LogP) is 0.486. The molecule has 0 bridgehead atoms. The molecule has 0 saturated heterocycles. The van der Waals surface area contributed by atoms with Crippen molar-refractivity contribution < 1.29 is 4.79 Å². The first-order valence-electron chi connectivity index (χ1n) is 4.12. The number of rotatable bonds is 3. The minimum atomic E-state index is -0.320. The van der Waals surface area contributed by atoms with Crippen molar-refractivity contribution in [2.45, 2.75) is 13.0 Å². The number of hydrogen-bond acceptors (Lipinski definition) is 3. The van der Waals surface area contributed by atoms with Crippen molar-refractivity contribution in [3.05, 3.63) is 30.1 Å². The Balaban J connectivity index is 2.64. The third-order valence-electron chi connectivity index (χ3n) is 1.67. The zero-order valence-corrected chi connectivity index (χ0v) is 8.54. The molecule has 0 radical (unpaired) electrons. The minimum Gasteiger partial charge on any atom is -0.392 e. The normalized spacial score (nSPS) is 11.8. The lowest BCUT2D eigenvalue weighted by molar-refractivity contribution is 0.0944. The molecule has 5 heteroatoms. The van der Waals surface area contributed by atoms with Crippen LogP contribution in [0.25, 0.3) is 0 Å². The fourth-order valence-corrected chi connectivity index (χ4v) is 0.898. The van der Waals surface area contributed by atoms with Crippen molar-refractivity contribution >= 4 is 23.1 Å². The standard InChI is InChI=1S/C9H11N3OS/c1-6(8(10)14)12-9(13)7-4-2-3-5-11-7/h2-6H,1H3,(H2,10,14)(H,12,13). The van der Waals surface area contributed by atoms with E-state index in [1.165, 1.54) is 0 Å². The fraction of sp³-hybridized carbons (Fsp3) is 0.222. The monoisotopic (exact) mass is 209 g/mol. The van der Waals surface area contributed by atoms with Crippen molar-refractivity contribution in [1.82, 2.24) is 10.3 Å². The van der Waals surface area contributed by atoms with E-state index in [0.29, 0.717) is 5.69 Å². The molecular formula is C9H11N3OS. The summed E-state index contributed by atoms with van der Waals surface area (Å²) in [4.78, 5) is 15.6. The summed E-state index contributed by atoms with van der Waals surface area (Å²) in [6, 6.07) is 4.79. The van der Waals surface area contributed by atoms with Crippen LogP contribution >= 0.6 is 12.2 Å². The van der Waals surface area contributed by atoms with E-state index in [0.717, 1.165) is 0 Å². The molecule has 1 aromatic rings. The molecule has 1 aromatic heterocycles. The van der Waals surface area contributed by atoms with E-state index in [-0.39, 0.29) is 16.9 Å². The molecule has 0 aliphatic rings. The summed E-state index contributed by atoms with van der Waals surface area (Å²) in [6.07, 6.45) is 1.56. The Labute approximate surface area is 87.5 Å². The van der Waals surface area contributed by atoms with E-state index < -0.39 is 0 Å². The van der Waals surface area contributed by atoms with E-state index in [2.05, 4.69) is 10.3 Å². The highest BCUT2D eigenvalue weighted by Gasteiger charge is 2.11. The molecule has 4 nitrogen and oxygen atoms in total. The van der Waals surface area contributed by atoms with Crippen LogP contribution in [0.4, 0.5) is 0 Å². The van der Waals surface area contributed by atoms with E-state index in [1.807, 2.05) is 0 Å². The van der Waals surface area contributed by atoms with Crippen LogP contribution < -0.4 is 11.1 Å². The minimum absolute atomic E-state index is 0.259. The quantitative estimate of drug-likeness (QED) is 0.711. The third-order valence-corrected chi connectivity index (χ3v) is 2.03. The van der Waals surface area contributed by atoms with Crippen LogP contribution in [0.15, 0.2) is 24.4 Å². The highest BCUT2D eigenvalue weighted by molar-refractivity contribution is 7.80. The molecule has 74 valence electrons. The number of aromatic nitrogens is 1. The van der Waals surface area contributed by atoms with Gasteiger partial charge in [-0.1, -0.05) is 18.3 Å². The smallest absolute Gasteiger partial charge is 0.270 e. The number of carbonyl (C=O) groups excluding carboxylic acids is 1. The number of hydrogen-bond donors (Lipinski definition) is 2. The summed E-state index contributed by atoms with van der Waals surface area (Å²) in [6.45, 7) is 1.73. The summed E-state index contributed by atoms with van der Waals surface area (Å²) in [5.74, 6) is -0.272. The van der Waals surface area contributed by atoms with Crippen LogP contribution in [-0.2, 0) is 0 Å². The molecule has 0 aromatic carbocycles. The zero-order valence-electron chi connectivity index (χ0n) is 7.73. The van der Waals surface area contributed by atoms with Crippen molar-refractivity contribution in [1.29, 1.82) is 0 Å². The van der Waals surface area contributed by atoms with Crippen molar-refractivity contribution in [3.8, 4) is 0 Å². The first-order chi connectivity index (χ1) is 6.61. The van der Waals surface area contributed by atoms with Crippen LogP contribution in [0.3, 0.4) is 0 Å². The van der Waals surface area contributed by atoms with Gasteiger partial charge in [0.05, 0.1) is 11.0 Å². The van der Waals surface area contributed by atoms with E-state index in [9.17, 15) is 4.79 Å². The van der Waals surface area contributed by atoms with E-state index in [1.54, 1.807) is 31.3 Å². The zero-order chi connectivity index (χ0) is 10.6. The molecule has 1 amide bonds. The lowest BCUT2D eigenvalue weighted by atomic mass is 10.3. The van der Waals surface area contributed by atoms with E-state index >= 15 is 0 Å². The molecule has 1 unspecified atom stereocenters. The fourth-order valence-electron chi connectivity index (χ4n) is 0.839. The summed E-state index contributed by atoms with van der Waals surface area (Å²) in [7, 11) is 0. The predicted molar refractivity (Wildman–Crippen MR) is 58.0 cm³/mol. The molecule has 3 N–H and O–H groups in total. The van der Waals surface area contributed by atoms with Gasteiger partial charge in [0.2, 0.25) is 0 Å². The van der Waals surface area contributed by atoms with Crippen LogP contribution in [0, 0.1) is 0 Å². The average Bonchev–Trinajstić information content (AvgIpc) is 2.19. The largest absolute Gasteiger partial charge is 0.392 e. The van der Waals surface area contributed by atoms with Gasteiger partial charge in [0.1, 0.15) is 5.69 Å². The van der Waals surface area contributed by atoms with Gasteiger partial charge in [-0.25, -0.2) is 0 Å². The number of pyridine rings is 1. The first kappa shape index (κ1) is 10.6. The summed E-state index contributed by atoms with van der Waals surface area (Å²) in [5, 5.41) is 2.63. The van der Waals surface area contributed by atoms with Gasteiger partial charge in [-0.05, 0) is 19.1 Å². The summed E-state index contributed by atoms with van der Waals surface area (Å²) >= 11 is 4.73. The van der Waals surface area contributed by atoms with Crippen LogP contribution in [-0.4, -0.2) is 21.9 Å². The second-order valence-electron chi connectivity index (χ2n) is 2.81. The number of amides is 1. The van der Waals surface area contributed by atoms with Crippen LogP contribution in [0.5, 0.6) is 0 Å². The number of nitrogens with one attached hydrogen (secondary N) is 1. The van der Waals surface area contributed by atoms with Gasteiger partial charge in [0.15, 0.2) is 0 Å². The molecule has 0 saturated carbocycles. The highest BCUT2D eigenvalue weighted by Crippen LogP contribution is 1.94. The number of nitrogens with zero attached hydrogens (tertiary/aromatic N) is 1. The Morgan fingerprint density at radius 2 is 2.36 bits per heavy atom. The van der Waals surface area contributed by atoms with Gasteiger partial charge >= 0.3 is 0 Å². The lowest BCUT2D eigenvalue weighted by Crippen LogP contribution is -2.41. The Bertz CT molecular complexity index is 339. The number of carbonyl (C=O) groups is 1. The van der Waals surface area contributed by atoms with Gasteiger partial charge in [0.25, 0.3) is 5.91 Å². The molecule has 14 heavy (non-hydrogen) atoms. The lowest BCUT2D eigenvalue weighted by Gasteiger charge is -2.11. The molecule has 0 aliphatic heterocycles. The Hall–Kier alpha value is -1.49. The molecule has 1 heterocycles. The van der Waals surface area contributed by atoms with Gasteiger partial charge in [-0.2, -0.15) is 0 Å². The maximum Gasteiger partial charge on any atom is 0.270 e. The van der Waals surface area contributed by atoms with E-state index in [4.69, 9.17) is 18.0 Å². The Morgan fingerprint density at radius 1 is 1.64 bits per heavy atom.